The number of carbonyl (C=O) groups is 2. The lowest BCUT2D eigenvalue weighted by Gasteiger charge is -2.07. The molecule has 30 heavy (non-hydrogen) atoms. The quantitative estimate of drug-likeness (QED) is 0.314. The third-order valence-electron chi connectivity index (χ3n) is 4.19. The second kappa shape index (κ2) is 8.94. The molecule has 0 spiro atoms. The van der Waals surface area contributed by atoms with Crippen LogP contribution in [0.2, 0.25) is 0 Å². The lowest BCUT2D eigenvalue weighted by Crippen LogP contribution is -2.35. The van der Waals surface area contributed by atoms with Crippen LogP contribution >= 0.6 is 0 Å². The van der Waals surface area contributed by atoms with Gasteiger partial charge in [0.15, 0.2) is 5.82 Å². The third-order valence-corrected chi connectivity index (χ3v) is 4.19. The van der Waals surface area contributed by atoms with E-state index in [1.54, 1.807) is 19.1 Å². The molecular formula is C18H19N7O5. The largest absolute Gasteiger partial charge is 0.390 e. The average Bonchev–Trinajstić information content (AvgIpc) is 3.33. The number of hydrogen-bond acceptors (Lipinski definition) is 8. The van der Waals surface area contributed by atoms with Crippen LogP contribution in [0.25, 0.3) is 0 Å². The molecule has 3 aromatic rings. The summed E-state index contributed by atoms with van der Waals surface area (Å²) >= 11 is 0. The normalized spacial score (nSPS) is 10.6. The van der Waals surface area contributed by atoms with E-state index in [2.05, 4.69) is 25.9 Å². The van der Waals surface area contributed by atoms with Gasteiger partial charge in [-0.3, -0.25) is 9.59 Å². The molecule has 0 aliphatic rings. The van der Waals surface area contributed by atoms with Crippen molar-refractivity contribution in [3.63, 3.8) is 0 Å². The predicted molar refractivity (Wildman–Crippen MR) is 103 cm³/mol. The van der Waals surface area contributed by atoms with E-state index in [0.29, 0.717) is 11.3 Å². The summed E-state index contributed by atoms with van der Waals surface area (Å²) < 4.78 is 6.26. The minimum absolute atomic E-state index is 0.0168. The number of aromatic nitrogens is 4. The fraction of sp³-hybridized carbons (Fsp3) is 0.278. The molecule has 2 aromatic heterocycles. The highest BCUT2D eigenvalue weighted by Crippen LogP contribution is 2.12. The molecular weight excluding hydrogens is 394 g/mol. The van der Waals surface area contributed by atoms with E-state index in [4.69, 9.17) is 4.52 Å². The molecule has 12 nitrogen and oxygen atoms in total. The minimum atomic E-state index is -0.601. The maximum Gasteiger partial charge on any atom is 0.390 e. The van der Waals surface area contributed by atoms with Gasteiger partial charge in [0.2, 0.25) is 0 Å². The van der Waals surface area contributed by atoms with Gasteiger partial charge in [-0.1, -0.05) is 23.4 Å². The summed E-state index contributed by atoms with van der Waals surface area (Å²) in [5.74, 6) is -1.22. The van der Waals surface area contributed by atoms with E-state index >= 15 is 0 Å². The number of amides is 2. The smallest absolute Gasteiger partial charge is 0.358 e. The number of carbonyl (C=O) groups excluding carboxylic acids is 2. The van der Waals surface area contributed by atoms with E-state index in [9.17, 15) is 19.7 Å². The Labute approximate surface area is 170 Å². The third kappa shape index (κ3) is 4.84. The van der Waals surface area contributed by atoms with Crippen molar-refractivity contribution in [3.8, 4) is 0 Å². The zero-order valence-corrected chi connectivity index (χ0v) is 16.3. The Morgan fingerprint density at radius 2 is 1.87 bits per heavy atom. The van der Waals surface area contributed by atoms with Crippen LogP contribution in [0.1, 0.15) is 38.1 Å². The summed E-state index contributed by atoms with van der Waals surface area (Å²) in [6.07, 6.45) is 0. The summed E-state index contributed by atoms with van der Waals surface area (Å²) in [6.45, 7) is 3.89. The Kier molecular flexibility index (Phi) is 6.15. The summed E-state index contributed by atoms with van der Waals surface area (Å²) in [7, 11) is 0. The van der Waals surface area contributed by atoms with Crippen LogP contribution in [0.3, 0.4) is 0 Å². The maximum absolute atomic E-state index is 12.1. The van der Waals surface area contributed by atoms with Gasteiger partial charge in [0.05, 0.1) is 16.9 Å². The summed E-state index contributed by atoms with van der Waals surface area (Å²) in [4.78, 5) is 38.4. The fourth-order valence-electron chi connectivity index (χ4n) is 2.64. The summed E-state index contributed by atoms with van der Waals surface area (Å²) in [5, 5.41) is 23.6. The van der Waals surface area contributed by atoms with Crippen molar-refractivity contribution >= 4 is 17.6 Å². The van der Waals surface area contributed by atoms with E-state index < -0.39 is 10.8 Å². The highest BCUT2D eigenvalue weighted by Gasteiger charge is 2.19. The van der Waals surface area contributed by atoms with Gasteiger partial charge in [-0.25, -0.2) is 0 Å². The van der Waals surface area contributed by atoms with Crippen molar-refractivity contribution in [1.82, 2.24) is 30.6 Å². The van der Waals surface area contributed by atoms with Gasteiger partial charge in [-0.15, -0.1) is 0 Å². The van der Waals surface area contributed by atoms with Crippen molar-refractivity contribution in [2.75, 3.05) is 13.1 Å². The number of nitro groups is 1. The zero-order chi connectivity index (χ0) is 21.7. The molecule has 156 valence electrons. The first-order chi connectivity index (χ1) is 14.3. The van der Waals surface area contributed by atoms with E-state index in [1.807, 2.05) is 19.1 Å². The second-order valence-corrected chi connectivity index (χ2v) is 6.40. The van der Waals surface area contributed by atoms with Crippen molar-refractivity contribution in [3.05, 3.63) is 69.0 Å². The topological polar surface area (TPSA) is 158 Å². The first-order valence-electron chi connectivity index (χ1n) is 8.98. The molecule has 2 N–H and O–H groups in total. The number of benzene rings is 1. The first-order valence-corrected chi connectivity index (χ1v) is 8.98. The standard InChI is InChI=1S/C18H19N7O5/c1-11-5-3-4-6-13(11)16(26)19-7-8-20-17(27)18-21-14(23-30-18)10-24-12(2)9-15(22-24)25(28)29/h3-6,9H,7-8,10H2,1-2H3,(H,19,26)(H,20,27). The van der Waals surface area contributed by atoms with E-state index in [1.165, 1.54) is 10.7 Å². The van der Waals surface area contributed by atoms with Gasteiger partial charge < -0.3 is 25.3 Å². The Balaban J connectivity index is 1.49. The molecule has 0 saturated heterocycles. The molecule has 0 aliphatic carbocycles. The van der Waals surface area contributed by atoms with Gasteiger partial charge in [-0.2, -0.15) is 9.67 Å². The first kappa shape index (κ1) is 20.6. The van der Waals surface area contributed by atoms with Gasteiger partial charge >= 0.3 is 17.6 Å². The number of hydrogen-bond donors (Lipinski definition) is 2. The van der Waals surface area contributed by atoms with Crippen LogP contribution in [0, 0.1) is 24.0 Å². The lowest BCUT2D eigenvalue weighted by atomic mass is 10.1. The van der Waals surface area contributed by atoms with E-state index in [-0.39, 0.29) is 43.1 Å². The Morgan fingerprint density at radius 1 is 1.17 bits per heavy atom. The second-order valence-electron chi connectivity index (χ2n) is 6.40. The van der Waals surface area contributed by atoms with Gasteiger partial charge in [0.25, 0.3) is 5.91 Å². The molecule has 1 aromatic carbocycles. The molecule has 0 fully saturated rings. The van der Waals surface area contributed by atoms with Crippen molar-refractivity contribution in [2.24, 2.45) is 0 Å². The van der Waals surface area contributed by atoms with Crippen LogP contribution in [0.5, 0.6) is 0 Å². The molecule has 2 heterocycles. The number of rotatable bonds is 8. The number of aryl methyl sites for hydroxylation is 2. The van der Waals surface area contributed by atoms with Gasteiger partial charge in [-0.05, 0) is 30.4 Å². The molecule has 0 bridgehead atoms. The summed E-state index contributed by atoms with van der Waals surface area (Å²) in [6, 6.07) is 8.50. The predicted octanol–water partition coefficient (Wildman–Crippen LogP) is 0.999. The molecule has 0 unspecified atom stereocenters. The SMILES string of the molecule is Cc1ccccc1C(=O)NCCNC(=O)c1nc(Cn2nc([N+](=O)[O-])cc2C)no1. The number of nitrogens with one attached hydrogen (secondary N) is 2. The van der Waals surface area contributed by atoms with Crippen molar-refractivity contribution in [2.45, 2.75) is 20.4 Å². The van der Waals surface area contributed by atoms with Crippen LogP contribution in [0.4, 0.5) is 5.82 Å². The molecule has 12 heteroatoms. The zero-order valence-electron chi connectivity index (χ0n) is 16.3. The molecule has 0 saturated carbocycles. The molecule has 0 radical (unpaired) electrons. The minimum Gasteiger partial charge on any atom is -0.358 e. The highest BCUT2D eigenvalue weighted by molar-refractivity contribution is 5.95. The highest BCUT2D eigenvalue weighted by atomic mass is 16.6. The molecule has 3 rings (SSSR count). The van der Waals surface area contributed by atoms with Gasteiger partial charge in [0.1, 0.15) is 6.54 Å². The van der Waals surface area contributed by atoms with Crippen LogP contribution < -0.4 is 10.6 Å². The maximum atomic E-state index is 12.1. The van der Waals surface area contributed by atoms with Crippen molar-refractivity contribution < 1.29 is 19.0 Å². The summed E-state index contributed by atoms with van der Waals surface area (Å²) in [5.41, 5.74) is 1.97. The Hall–Kier alpha value is -4.09. The average molecular weight is 413 g/mol. The van der Waals surface area contributed by atoms with E-state index in [0.717, 1.165) is 5.56 Å². The molecule has 0 atom stereocenters. The van der Waals surface area contributed by atoms with Crippen LogP contribution in [-0.4, -0.2) is 49.7 Å². The van der Waals surface area contributed by atoms with Crippen LogP contribution in [-0.2, 0) is 6.54 Å². The fourth-order valence-corrected chi connectivity index (χ4v) is 2.64. The monoisotopic (exact) mass is 413 g/mol. The van der Waals surface area contributed by atoms with Crippen molar-refractivity contribution in [1.29, 1.82) is 0 Å². The molecule has 2 amide bonds. The van der Waals surface area contributed by atoms with Crippen LogP contribution in [0.15, 0.2) is 34.9 Å². The number of nitrogens with zero attached hydrogens (tertiary/aromatic N) is 5. The van der Waals surface area contributed by atoms with Gasteiger partial charge in [0, 0.05) is 18.7 Å². The Bertz CT molecular complexity index is 1090. The molecule has 0 aliphatic heterocycles. The Morgan fingerprint density at radius 3 is 2.53 bits per heavy atom. The lowest BCUT2D eigenvalue weighted by molar-refractivity contribution is -0.389.